The van der Waals surface area contributed by atoms with Gasteiger partial charge in [0, 0.05) is 18.7 Å². The number of hydrogen-bond acceptors (Lipinski definition) is 4. The van der Waals surface area contributed by atoms with E-state index in [0.29, 0.717) is 30.5 Å². The van der Waals surface area contributed by atoms with Gasteiger partial charge in [-0.3, -0.25) is 4.79 Å². The van der Waals surface area contributed by atoms with Crippen LogP contribution < -0.4 is 0 Å². The van der Waals surface area contributed by atoms with Crippen LogP contribution in [-0.4, -0.2) is 37.2 Å². The minimum Gasteiger partial charge on any atom is -0.507 e. The summed E-state index contributed by atoms with van der Waals surface area (Å²) in [6.07, 6.45) is 2.37. The highest BCUT2D eigenvalue weighted by Crippen LogP contribution is 2.32. The molecule has 0 bridgehead atoms. The first-order valence-corrected chi connectivity index (χ1v) is 8.86. The molecule has 5 nitrogen and oxygen atoms in total. The molecule has 0 saturated carbocycles. The minimum absolute atomic E-state index is 0.0994. The van der Waals surface area contributed by atoms with E-state index < -0.39 is 10.0 Å². The lowest BCUT2D eigenvalue weighted by atomic mass is 10.0. The van der Waals surface area contributed by atoms with Gasteiger partial charge in [0.15, 0.2) is 6.29 Å². The molecule has 0 spiro atoms. The van der Waals surface area contributed by atoms with Crippen LogP contribution in [0.15, 0.2) is 47.4 Å². The molecule has 1 heterocycles. The highest BCUT2D eigenvalue weighted by atomic mass is 32.2. The summed E-state index contributed by atoms with van der Waals surface area (Å²) in [6, 6.07) is 11.3. The second kappa shape index (κ2) is 6.14. The molecule has 1 aliphatic rings. The highest BCUT2D eigenvalue weighted by Gasteiger charge is 2.27. The summed E-state index contributed by atoms with van der Waals surface area (Å²) in [5.41, 5.74) is 1.36. The number of nitrogens with zero attached hydrogens (tertiary/aromatic N) is 1. The summed E-state index contributed by atoms with van der Waals surface area (Å²) in [7, 11) is -3.45. The number of carbonyl (C=O) groups excluding carboxylic acids is 1. The van der Waals surface area contributed by atoms with Crippen molar-refractivity contribution in [1.29, 1.82) is 0 Å². The molecule has 1 saturated heterocycles. The summed E-state index contributed by atoms with van der Waals surface area (Å²) in [6.45, 7) is 1.12. The average molecular weight is 331 g/mol. The second-order valence-electron chi connectivity index (χ2n) is 5.50. The Balaban J connectivity index is 1.95. The van der Waals surface area contributed by atoms with Crippen LogP contribution in [0.2, 0.25) is 0 Å². The van der Waals surface area contributed by atoms with Crippen molar-refractivity contribution in [1.82, 2.24) is 4.31 Å². The lowest BCUT2D eigenvalue weighted by Gasteiger charge is -2.15. The number of hydrogen-bond donors (Lipinski definition) is 1. The predicted molar refractivity (Wildman–Crippen MR) is 86.9 cm³/mol. The first-order valence-electron chi connectivity index (χ1n) is 7.42. The molecule has 2 aromatic rings. The Kier molecular flexibility index (Phi) is 4.19. The number of benzene rings is 2. The number of aldehydes is 1. The van der Waals surface area contributed by atoms with Crippen molar-refractivity contribution in [2.24, 2.45) is 0 Å². The molecule has 0 atom stereocenters. The van der Waals surface area contributed by atoms with Crippen LogP contribution in [0.4, 0.5) is 0 Å². The molecule has 23 heavy (non-hydrogen) atoms. The van der Waals surface area contributed by atoms with Crippen molar-refractivity contribution >= 4 is 16.3 Å². The molecule has 1 aliphatic heterocycles. The van der Waals surface area contributed by atoms with Crippen LogP contribution >= 0.6 is 0 Å². The van der Waals surface area contributed by atoms with Gasteiger partial charge in [0.05, 0.1) is 10.5 Å². The van der Waals surface area contributed by atoms with Crippen molar-refractivity contribution in [3.8, 4) is 16.9 Å². The summed E-state index contributed by atoms with van der Waals surface area (Å²) < 4.78 is 26.5. The van der Waals surface area contributed by atoms with E-state index in [9.17, 15) is 18.3 Å². The zero-order valence-corrected chi connectivity index (χ0v) is 13.3. The summed E-state index contributed by atoms with van der Waals surface area (Å²) in [4.78, 5) is 11.1. The number of rotatable bonds is 4. The molecule has 0 aliphatic carbocycles. The highest BCUT2D eigenvalue weighted by molar-refractivity contribution is 7.89. The Labute approximate surface area is 135 Å². The molecule has 0 aromatic heterocycles. The monoisotopic (exact) mass is 331 g/mol. The Morgan fingerprint density at radius 3 is 2.26 bits per heavy atom. The standard InChI is InChI=1S/C17H17NO4S/c19-12-14-4-3-5-16(17(14)20)13-6-8-15(9-7-13)23(21,22)18-10-1-2-11-18/h3-9,12,20H,1-2,10-11H2. The van der Waals surface area contributed by atoms with Gasteiger partial charge in [-0.05, 0) is 36.6 Å². The van der Waals surface area contributed by atoms with E-state index >= 15 is 0 Å². The maximum absolute atomic E-state index is 12.5. The van der Waals surface area contributed by atoms with Crippen LogP contribution in [0.5, 0.6) is 5.75 Å². The third-order valence-electron chi connectivity index (χ3n) is 4.06. The fourth-order valence-corrected chi connectivity index (χ4v) is 4.29. The Morgan fingerprint density at radius 2 is 1.65 bits per heavy atom. The smallest absolute Gasteiger partial charge is 0.243 e. The van der Waals surface area contributed by atoms with E-state index in [1.54, 1.807) is 24.3 Å². The van der Waals surface area contributed by atoms with Crippen LogP contribution in [0, 0.1) is 0 Å². The number of aromatic hydroxyl groups is 1. The van der Waals surface area contributed by atoms with Crippen molar-refractivity contribution < 1.29 is 18.3 Å². The van der Waals surface area contributed by atoms with E-state index in [2.05, 4.69) is 0 Å². The number of phenols is 1. The number of phenolic OH excluding ortho intramolecular Hbond substituents is 1. The minimum atomic E-state index is -3.45. The molecule has 3 rings (SSSR count). The van der Waals surface area contributed by atoms with E-state index in [0.717, 1.165) is 12.8 Å². The van der Waals surface area contributed by atoms with Gasteiger partial charge < -0.3 is 5.11 Å². The molecule has 1 fully saturated rings. The Bertz CT molecular complexity index is 822. The largest absolute Gasteiger partial charge is 0.507 e. The molecule has 0 amide bonds. The van der Waals surface area contributed by atoms with Crippen molar-refractivity contribution in [2.75, 3.05) is 13.1 Å². The molecule has 2 aromatic carbocycles. The first-order chi connectivity index (χ1) is 11.0. The molecular weight excluding hydrogens is 314 g/mol. The van der Waals surface area contributed by atoms with Gasteiger partial charge in [-0.2, -0.15) is 4.31 Å². The zero-order valence-electron chi connectivity index (χ0n) is 12.5. The fourth-order valence-electron chi connectivity index (χ4n) is 2.77. The fraction of sp³-hybridized carbons (Fsp3) is 0.235. The average Bonchev–Trinajstić information content (AvgIpc) is 3.10. The lowest BCUT2D eigenvalue weighted by Crippen LogP contribution is -2.27. The predicted octanol–water partition coefficient (Wildman–Crippen LogP) is 2.66. The lowest BCUT2D eigenvalue weighted by molar-refractivity contribution is 0.112. The number of para-hydroxylation sites is 1. The SMILES string of the molecule is O=Cc1cccc(-c2ccc(S(=O)(=O)N3CCCC3)cc2)c1O. The van der Waals surface area contributed by atoms with E-state index in [1.165, 1.54) is 22.5 Å². The van der Waals surface area contributed by atoms with E-state index in [-0.39, 0.29) is 16.2 Å². The maximum atomic E-state index is 12.5. The summed E-state index contributed by atoms with van der Waals surface area (Å²) >= 11 is 0. The molecule has 6 heteroatoms. The number of carbonyl (C=O) groups is 1. The van der Waals surface area contributed by atoms with Crippen LogP contribution in [0.1, 0.15) is 23.2 Å². The molecule has 0 radical (unpaired) electrons. The van der Waals surface area contributed by atoms with Crippen LogP contribution in [0.3, 0.4) is 0 Å². The van der Waals surface area contributed by atoms with Gasteiger partial charge in [-0.25, -0.2) is 8.42 Å². The van der Waals surface area contributed by atoms with Crippen molar-refractivity contribution in [2.45, 2.75) is 17.7 Å². The Hall–Kier alpha value is -2.18. The van der Waals surface area contributed by atoms with E-state index in [4.69, 9.17) is 0 Å². The van der Waals surface area contributed by atoms with Crippen LogP contribution in [0.25, 0.3) is 11.1 Å². The van der Waals surface area contributed by atoms with Crippen LogP contribution in [-0.2, 0) is 10.0 Å². The molecule has 1 N–H and O–H groups in total. The zero-order chi connectivity index (χ0) is 16.4. The number of sulfonamides is 1. The third kappa shape index (κ3) is 2.87. The quantitative estimate of drug-likeness (QED) is 0.874. The Morgan fingerprint density at radius 1 is 1.00 bits per heavy atom. The van der Waals surface area contributed by atoms with Gasteiger partial charge in [0.25, 0.3) is 0 Å². The van der Waals surface area contributed by atoms with Gasteiger partial charge >= 0.3 is 0 Å². The second-order valence-corrected chi connectivity index (χ2v) is 7.43. The van der Waals surface area contributed by atoms with Gasteiger partial charge in [-0.15, -0.1) is 0 Å². The maximum Gasteiger partial charge on any atom is 0.243 e. The van der Waals surface area contributed by atoms with Crippen molar-refractivity contribution in [3.63, 3.8) is 0 Å². The molecule has 120 valence electrons. The summed E-state index contributed by atoms with van der Waals surface area (Å²) in [5.74, 6) is -0.0994. The van der Waals surface area contributed by atoms with Gasteiger partial charge in [0.1, 0.15) is 5.75 Å². The first kappa shape index (κ1) is 15.7. The van der Waals surface area contributed by atoms with Crippen molar-refractivity contribution in [3.05, 3.63) is 48.0 Å². The summed E-state index contributed by atoms with van der Waals surface area (Å²) in [5, 5.41) is 10.1. The van der Waals surface area contributed by atoms with Gasteiger partial charge in [0.2, 0.25) is 10.0 Å². The third-order valence-corrected chi connectivity index (χ3v) is 5.98. The van der Waals surface area contributed by atoms with E-state index in [1.807, 2.05) is 0 Å². The molecular formula is C17H17NO4S. The normalized spacial score (nSPS) is 15.7. The topological polar surface area (TPSA) is 74.7 Å². The molecule has 0 unspecified atom stereocenters. The van der Waals surface area contributed by atoms with Gasteiger partial charge in [-0.1, -0.05) is 24.3 Å².